The number of ether oxygens (including phenoxy) is 1. The molecule has 90 valence electrons. The number of benzene rings is 1. The van der Waals surface area contributed by atoms with Crippen molar-refractivity contribution in [3.05, 3.63) is 29.3 Å². The first-order valence-electron chi connectivity index (χ1n) is 5.60. The predicted octanol–water partition coefficient (Wildman–Crippen LogP) is 2.63. The standard InChI is InChI=1S/C13H21NOS/c1-10-4-5-13(15-6-7-16-3)12(8-10)9-11(2)14/h4-5,8,11H,6-7,9,14H2,1-3H3. The fourth-order valence-corrected chi connectivity index (χ4v) is 1.84. The van der Waals surface area contributed by atoms with Gasteiger partial charge in [0, 0.05) is 11.8 Å². The quantitative estimate of drug-likeness (QED) is 0.775. The Morgan fingerprint density at radius 2 is 2.19 bits per heavy atom. The molecule has 1 aromatic rings. The van der Waals surface area contributed by atoms with Gasteiger partial charge in [-0.1, -0.05) is 17.7 Å². The van der Waals surface area contributed by atoms with Crippen molar-refractivity contribution in [3.63, 3.8) is 0 Å². The molecule has 0 bridgehead atoms. The van der Waals surface area contributed by atoms with Crippen molar-refractivity contribution in [2.75, 3.05) is 18.6 Å². The Bertz CT molecular complexity index is 326. The summed E-state index contributed by atoms with van der Waals surface area (Å²) in [6, 6.07) is 6.47. The van der Waals surface area contributed by atoms with E-state index in [4.69, 9.17) is 10.5 Å². The van der Waals surface area contributed by atoms with Gasteiger partial charge >= 0.3 is 0 Å². The van der Waals surface area contributed by atoms with E-state index < -0.39 is 0 Å². The van der Waals surface area contributed by atoms with Crippen molar-refractivity contribution in [1.82, 2.24) is 0 Å². The van der Waals surface area contributed by atoms with Gasteiger partial charge in [-0.25, -0.2) is 0 Å². The minimum absolute atomic E-state index is 0.171. The van der Waals surface area contributed by atoms with Gasteiger partial charge in [0.25, 0.3) is 0 Å². The number of hydrogen-bond donors (Lipinski definition) is 1. The summed E-state index contributed by atoms with van der Waals surface area (Å²) < 4.78 is 5.76. The number of aryl methyl sites for hydroxylation is 1. The number of thioether (sulfide) groups is 1. The lowest BCUT2D eigenvalue weighted by molar-refractivity contribution is 0.339. The van der Waals surface area contributed by atoms with Crippen LogP contribution in [0.15, 0.2) is 18.2 Å². The molecule has 2 N–H and O–H groups in total. The molecule has 1 rings (SSSR count). The Morgan fingerprint density at radius 1 is 1.44 bits per heavy atom. The third kappa shape index (κ3) is 4.45. The molecule has 0 aliphatic carbocycles. The van der Waals surface area contributed by atoms with Crippen LogP contribution in [-0.4, -0.2) is 24.7 Å². The van der Waals surface area contributed by atoms with Gasteiger partial charge in [0.1, 0.15) is 5.75 Å². The average Bonchev–Trinajstić information content (AvgIpc) is 2.20. The number of nitrogens with two attached hydrogens (primary N) is 1. The lowest BCUT2D eigenvalue weighted by atomic mass is 10.0. The van der Waals surface area contributed by atoms with E-state index in [1.807, 2.05) is 13.0 Å². The van der Waals surface area contributed by atoms with Crippen LogP contribution in [0.2, 0.25) is 0 Å². The molecule has 0 aliphatic heterocycles. The van der Waals surface area contributed by atoms with Gasteiger partial charge in [-0.05, 0) is 38.2 Å². The molecule has 0 spiro atoms. The molecule has 0 fully saturated rings. The van der Waals surface area contributed by atoms with Crippen LogP contribution in [-0.2, 0) is 6.42 Å². The van der Waals surface area contributed by atoms with Gasteiger partial charge in [-0.2, -0.15) is 11.8 Å². The molecule has 1 aromatic carbocycles. The van der Waals surface area contributed by atoms with Crippen molar-refractivity contribution < 1.29 is 4.74 Å². The van der Waals surface area contributed by atoms with Crippen LogP contribution in [0.3, 0.4) is 0 Å². The maximum Gasteiger partial charge on any atom is 0.122 e. The molecule has 1 unspecified atom stereocenters. The SMILES string of the molecule is CSCCOc1ccc(C)cc1CC(C)N. The van der Waals surface area contributed by atoms with Crippen molar-refractivity contribution in [2.24, 2.45) is 5.73 Å². The average molecular weight is 239 g/mol. The minimum Gasteiger partial charge on any atom is -0.492 e. The van der Waals surface area contributed by atoms with E-state index in [0.29, 0.717) is 0 Å². The fraction of sp³-hybridized carbons (Fsp3) is 0.538. The summed E-state index contributed by atoms with van der Waals surface area (Å²) in [5, 5.41) is 0. The Hall–Kier alpha value is -0.670. The predicted molar refractivity (Wildman–Crippen MR) is 72.4 cm³/mol. The molecule has 0 aromatic heterocycles. The maximum atomic E-state index is 5.84. The molecule has 0 radical (unpaired) electrons. The molecular weight excluding hydrogens is 218 g/mol. The number of rotatable bonds is 6. The summed E-state index contributed by atoms with van der Waals surface area (Å²) in [7, 11) is 0. The summed E-state index contributed by atoms with van der Waals surface area (Å²) >= 11 is 1.79. The van der Waals surface area contributed by atoms with E-state index in [9.17, 15) is 0 Å². The molecule has 1 atom stereocenters. The zero-order valence-electron chi connectivity index (χ0n) is 10.3. The highest BCUT2D eigenvalue weighted by atomic mass is 32.2. The second-order valence-corrected chi connectivity index (χ2v) is 5.12. The van der Waals surface area contributed by atoms with Crippen molar-refractivity contribution in [1.29, 1.82) is 0 Å². The summed E-state index contributed by atoms with van der Waals surface area (Å²) in [5.41, 5.74) is 8.31. The molecule has 3 heteroatoms. The largest absolute Gasteiger partial charge is 0.492 e. The highest BCUT2D eigenvalue weighted by molar-refractivity contribution is 7.98. The maximum absolute atomic E-state index is 5.84. The van der Waals surface area contributed by atoms with Crippen LogP contribution in [0.4, 0.5) is 0 Å². The molecule has 0 heterocycles. The second kappa shape index (κ2) is 6.81. The van der Waals surface area contributed by atoms with Gasteiger partial charge < -0.3 is 10.5 Å². The van der Waals surface area contributed by atoms with Crippen LogP contribution in [0.25, 0.3) is 0 Å². The van der Waals surface area contributed by atoms with Crippen LogP contribution in [0, 0.1) is 6.92 Å². The zero-order chi connectivity index (χ0) is 12.0. The van der Waals surface area contributed by atoms with Gasteiger partial charge in [0.15, 0.2) is 0 Å². The van der Waals surface area contributed by atoms with E-state index >= 15 is 0 Å². The van der Waals surface area contributed by atoms with Crippen molar-refractivity contribution in [2.45, 2.75) is 26.3 Å². The smallest absolute Gasteiger partial charge is 0.122 e. The Morgan fingerprint density at radius 3 is 2.81 bits per heavy atom. The van der Waals surface area contributed by atoms with E-state index in [1.54, 1.807) is 11.8 Å². The number of hydrogen-bond acceptors (Lipinski definition) is 3. The Kier molecular flexibility index (Phi) is 5.71. The monoisotopic (exact) mass is 239 g/mol. The summed E-state index contributed by atoms with van der Waals surface area (Å²) in [4.78, 5) is 0. The fourth-order valence-electron chi connectivity index (χ4n) is 1.59. The first-order chi connectivity index (χ1) is 7.63. The molecule has 2 nitrogen and oxygen atoms in total. The van der Waals surface area contributed by atoms with Crippen LogP contribution in [0.5, 0.6) is 5.75 Å². The highest BCUT2D eigenvalue weighted by Crippen LogP contribution is 2.21. The minimum atomic E-state index is 0.171. The van der Waals surface area contributed by atoms with E-state index in [2.05, 4.69) is 25.3 Å². The van der Waals surface area contributed by atoms with E-state index in [-0.39, 0.29) is 6.04 Å². The molecule has 0 aliphatic rings. The van der Waals surface area contributed by atoms with E-state index in [0.717, 1.165) is 24.5 Å². The summed E-state index contributed by atoms with van der Waals surface area (Å²) in [6.07, 6.45) is 2.96. The topological polar surface area (TPSA) is 35.2 Å². The van der Waals surface area contributed by atoms with Gasteiger partial charge in [-0.3, -0.25) is 0 Å². The molecule has 0 saturated carbocycles. The third-order valence-corrected chi connectivity index (χ3v) is 2.88. The lowest BCUT2D eigenvalue weighted by Gasteiger charge is -2.13. The summed E-state index contributed by atoms with van der Waals surface area (Å²) in [6.45, 7) is 4.88. The first-order valence-corrected chi connectivity index (χ1v) is 6.99. The normalized spacial score (nSPS) is 12.5. The Balaban J connectivity index is 2.72. The molecule has 0 saturated heterocycles. The van der Waals surface area contributed by atoms with Crippen LogP contribution in [0.1, 0.15) is 18.1 Å². The third-order valence-electron chi connectivity index (χ3n) is 2.30. The first kappa shape index (κ1) is 13.4. The van der Waals surface area contributed by atoms with E-state index in [1.165, 1.54) is 11.1 Å². The summed E-state index contributed by atoms with van der Waals surface area (Å²) in [5.74, 6) is 2.00. The second-order valence-electron chi connectivity index (χ2n) is 4.13. The van der Waals surface area contributed by atoms with Gasteiger partial charge in [-0.15, -0.1) is 0 Å². The van der Waals surface area contributed by atoms with Gasteiger partial charge in [0.05, 0.1) is 6.61 Å². The lowest BCUT2D eigenvalue weighted by Crippen LogP contribution is -2.18. The zero-order valence-corrected chi connectivity index (χ0v) is 11.1. The van der Waals surface area contributed by atoms with Crippen LogP contribution >= 0.6 is 11.8 Å². The van der Waals surface area contributed by atoms with Gasteiger partial charge in [0.2, 0.25) is 0 Å². The highest BCUT2D eigenvalue weighted by Gasteiger charge is 2.06. The molecule has 0 amide bonds. The molecular formula is C13H21NOS. The van der Waals surface area contributed by atoms with Crippen molar-refractivity contribution in [3.8, 4) is 5.75 Å². The van der Waals surface area contributed by atoms with Crippen molar-refractivity contribution >= 4 is 11.8 Å². The van der Waals surface area contributed by atoms with Crippen LogP contribution < -0.4 is 10.5 Å². The molecule has 16 heavy (non-hydrogen) atoms. The Labute approximate surface area is 103 Å².